The molecular formula is C7H12NO2. The number of carbonyl (C=O) groups is 1. The van der Waals surface area contributed by atoms with E-state index in [1.807, 2.05) is 0 Å². The van der Waals surface area contributed by atoms with Crippen LogP contribution in [0.15, 0.2) is 0 Å². The lowest BCUT2D eigenvalue weighted by molar-refractivity contribution is 0.126. The van der Waals surface area contributed by atoms with E-state index >= 15 is 0 Å². The van der Waals surface area contributed by atoms with Gasteiger partial charge in [0.25, 0.3) is 0 Å². The standard InChI is InChI=1S/C7H12NO2/c1-10-7(9)8-5-3-2-4-6-8/h1-6H2. The Kier molecular flexibility index (Phi) is 2.54. The molecule has 1 radical (unpaired) electrons. The second-order valence-corrected chi connectivity index (χ2v) is 2.46. The molecule has 1 aliphatic heterocycles. The molecule has 0 bridgehead atoms. The molecule has 3 heteroatoms. The van der Waals surface area contributed by atoms with Gasteiger partial charge in [-0.05, 0) is 19.3 Å². The van der Waals surface area contributed by atoms with Gasteiger partial charge in [-0.2, -0.15) is 0 Å². The first-order valence-corrected chi connectivity index (χ1v) is 3.55. The van der Waals surface area contributed by atoms with Crippen molar-refractivity contribution in [2.45, 2.75) is 19.3 Å². The van der Waals surface area contributed by atoms with Gasteiger partial charge in [0.2, 0.25) is 0 Å². The summed E-state index contributed by atoms with van der Waals surface area (Å²) in [6, 6.07) is 0. The highest BCUT2D eigenvalue weighted by atomic mass is 16.5. The summed E-state index contributed by atoms with van der Waals surface area (Å²) in [5.74, 6) is 0. The van der Waals surface area contributed by atoms with Gasteiger partial charge in [0, 0.05) is 13.1 Å². The Hall–Kier alpha value is -0.730. The maximum atomic E-state index is 10.8. The van der Waals surface area contributed by atoms with Crippen LogP contribution in [0, 0.1) is 7.11 Å². The summed E-state index contributed by atoms with van der Waals surface area (Å²) in [5.41, 5.74) is 0. The van der Waals surface area contributed by atoms with Crippen LogP contribution in [0.3, 0.4) is 0 Å². The van der Waals surface area contributed by atoms with Crippen molar-refractivity contribution >= 4 is 6.09 Å². The highest BCUT2D eigenvalue weighted by Gasteiger charge is 2.15. The van der Waals surface area contributed by atoms with Crippen LogP contribution in [0.4, 0.5) is 4.79 Å². The molecule has 1 saturated heterocycles. The molecule has 0 unspecified atom stereocenters. The molecular weight excluding hydrogens is 130 g/mol. The quantitative estimate of drug-likeness (QED) is 0.511. The van der Waals surface area contributed by atoms with Crippen LogP contribution in [-0.4, -0.2) is 24.1 Å². The summed E-state index contributed by atoms with van der Waals surface area (Å²) in [5, 5.41) is 0. The Bertz CT molecular complexity index is 119. The second kappa shape index (κ2) is 3.44. The van der Waals surface area contributed by atoms with E-state index in [-0.39, 0.29) is 6.09 Å². The van der Waals surface area contributed by atoms with Gasteiger partial charge < -0.3 is 9.64 Å². The summed E-state index contributed by atoms with van der Waals surface area (Å²) in [6.07, 6.45) is 3.12. The molecule has 1 aliphatic rings. The number of likely N-dealkylation sites (tertiary alicyclic amines) is 1. The van der Waals surface area contributed by atoms with Crippen LogP contribution >= 0.6 is 0 Å². The fraction of sp³-hybridized carbons (Fsp3) is 0.714. The predicted molar refractivity (Wildman–Crippen MR) is 37.3 cm³/mol. The van der Waals surface area contributed by atoms with Gasteiger partial charge in [0.1, 0.15) is 7.11 Å². The maximum Gasteiger partial charge on any atom is 0.409 e. The highest BCUT2D eigenvalue weighted by Crippen LogP contribution is 2.09. The van der Waals surface area contributed by atoms with E-state index in [1.165, 1.54) is 6.42 Å². The Labute approximate surface area is 61.0 Å². The first-order valence-electron chi connectivity index (χ1n) is 3.55. The van der Waals surface area contributed by atoms with Crippen molar-refractivity contribution < 1.29 is 9.53 Å². The minimum atomic E-state index is -0.292. The number of rotatable bonds is 0. The minimum absolute atomic E-state index is 0.292. The number of ether oxygens (including phenoxy) is 1. The van der Waals surface area contributed by atoms with Gasteiger partial charge in [-0.15, -0.1) is 0 Å². The van der Waals surface area contributed by atoms with E-state index in [4.69, 9.17) is 0 Å². The number of carbonyl (C=O) groups excluding carboxylic acids is 1. The Balaban J connectivity index is 2.31. The summed E-state index contributed by atoms with van der Waals surface area (Å²) in [6.45, 7) is 1.66. The third-order valence-electron chi connectivity index (χ3n) is 1.74. The number of nitrogens with zero attached hydrogens (tertiary/aromatic N) is 1. The van der Waals surface area contributed by atoms with Crippen LogP contribution in [0.1, 0.15) is 19.3 Å². The molecule has 0 N–H and O–H groups in total. The SMILES string of the molecule is [CH2]OC(=O)N1CCCCC1. The van der Waals surface area contributed by atoms with Crippen molar-refractivity contribution in [3.8, 4) is 0 Å². The zero-order valence-electron chi connectivity index (χ0n) is 6.01. The third-order valence-corrected chi connectivity index (χ3v) is 1.74. The molecule has 0 aromatic rings. The lowest BCUT2D eigenvalue weighted by atomic mass is 10.1. The predicted octanol–water partition coefficient (Wildman–Crippen LogP) is 1.40. The van der Waals surface area contributed by atoms with Crippen LogP contribution < -0.4 is 0 Å². The lowest BCUT2D eigenvalue weighted by Crippen LogP contribution is -2.35. The molecule has 0 aromatic carbocycles. The first kappa shape index (κ1) is 7.38. The molecule has 10 heavy (non-hydrogen) atoms. The summed E-state index contributed by atoms with van der Waals surface area (Å²) < 4.78 is 4.33. The molecule has 1 heterocycles. The molecule has 1 fully saturated rings. The first-order chi connectivity index (χ1) is 4.84. The van der Waals surface area contributed by atoms with Gasteiger partial charge in [-0.1, -0.05) is 0 Å². The van der Waals surface area contributed by atoms with Crippen LogP contribution in [0.5, 0.6) is 0 Å². The van der Waals surface area contributed by atoms with Crippen LogP contribution in [-0.2, 0) is 4.74 Å². The van der Waals surface area contributed by atoms with Crippen molar-refractivity contribution in [3.05, 3.63) is 7.11 Å². The Morgan fingerprint density at radius 3 is 2.40 bits per heavy atom. The van der Waals surface area contributed by atoms with Gasteiger partial charge >= 0.3 is 6.09 Å². The molecule has 0 spiro atoms. The second-order valence-electron chi connectivity index (χ2n) is 2.46. The molecule has 0 atom stereocenters. The topological polar surface area (TPSA) is 29.5 Å². The number of piperidine rings is 1. The maximum absolute atomic E-state index is 10.8. The van der Waals surface area contributed by atoms with Gasteiger partial charge in [-0.3, -0.25) is 0 Å². The van der Waals surface area contributed by atoms with Gasteiger partial charge in [-0.25, -0.2) is 4.79 Å². The smallest absolute Gasteiger partial charge is 0.409 e. The molecule has 0 saturated carbocycles. The summed E-state index contributed by atoms with van der Waals surface area (Å²) in [7, 11) is 3.07. The van der Waals surface area contributed by atoms with Crippen molar-refractivity contribution in [2.24, 2.45) is 0 Å². The van der Waals surface area contributed by atoms with E-state index in [0.29, 0.717) is 0 Å². The van der Waals surface area contributed by atoms with E-state index < -0.39 is 0 Å². The van der Waals surface area contributed by atoms with E-state index in [2.05, 4.69) is 11.8 Å². The minimum Gasteiger partial charge on any atom is -0.446 e. The van der Waals surface area contributed by atoms with E-state index in [9.17, 15) is 4.79 Å². The number of hydrogen-bond donors (Lipinski definition) is 0. The zero-order chi connectivity index (χ0) is 7.40. The molecule has 1 amide bonds. The van der Waals surface area contributed by atoms with Crippen molar-refractivity contribution in [2.75, 3.05) is 13.1 Å². The fourth-order valence-electron chi connectivity index (χ4n) is 1.17. The Morgan fingerprint density at radius 1 is 1.30 bits per heavy atom. The molecule has 0 aromatic heterocycles. The number of amides is 1. The van der Waals surface area contributed by atoms with E-state index in [0.717, 1.165) is 25.9 Å². The molecule has 1 rings (SSSR count). The third kappa shape index (κ3) is 1.62. The van der Waals surface area contributed by atoms with Crippen LogP contribution in [0.25, 0.3) is 0 Å². The highest BCUT2D eigenvalue weighted by molar-refractivity contribution is 5.67. The monoisotopic (exact) mass is 142 g/mol. The number of hydrogen-bond acceptors (Lipinski definition) is 2. The van der Waals surface area contributed by atoms with E-state index in [1.54, 1.807) is 4.90 Å². The average Bonchev–Trinajstić information content (AvgIpc) is 2.05. The molecule has 0 aliphatic carbocycles. The summed E-state index contributed by atoms with van der Waals surface area (Å²) in [4.78, 5) is 12.5. The average molecular weight is 142 g/mol. The summed E-state index contributed by atoms with van der Waals surface area (Å²) >= 11 is 0. The van der Waals surface area contributed by atoms with Gasteiger partial charge in [0.15, 0.2) is 0 Å². The normalized spacial score (nSPS) is 18.7. The van der Waals surface area contributed by atoms with Crippen molar-refractivity contribution in [1.82, 2.24) is 4.90 Å². The lowest BCUT2D eigenvalue weighted by Gasteiger charge is -2.24. The fourth-order valence-corrected chi connectivity index (χ4v) is 1.17. The zero-order valence-corrected chi connectivity index (χ0v) is 6.01. The van der Waals surface area contributed by atoms with Crippen molar-refractivity contribution in [3.63, 3.8) is 0 Å². The van der Waals surface area contributed by atoms with Crippen molar-refractivity contribution in [1.29, 1.82) is 0 Å². The largest absolute Gasteiger partial charge is 0.446 e. The Morgan fingerprint density at radius 2 is 1.90 bits per heavy atom. The van der Waals surface area contributed by atoms with Crippen LogP contribution in [0.2, 0.25) is 0 Å². The van der Waals surface area contributed by atoms with Gasteiger partial charge in [0.05, 0.1) is 0 Å². The molecule has 57 valence electrons. The molecule has 3 nitrogen and oxygen atoms in total.